The van der Waals surface area contributed by atoms with Crippen LogP contribution in [-0.2, 0) is 9.59 Å². The predicted octanol–water partition coefficient (Wildman–Crippen LogP) is 0.0668. The Morgan fingerprint density at radius 1 is 1.18 bits per heavy atom. The molecule has 2 amide bonds. The molecule has 0 aromatic carbocycles. The maximum absolute atomic E-state index is 11.7. The highest BCUT2D eigenvalue weighted by atomic mass is 16.2. The van der Waals surface area contributed by atoms with Crippen molar-refractivity contribution in [3.05, 3.63) is 0 Å². The average Bonchev–Trinajstić information content (AvgIpc) is 2.87. The number of hydrogen-bond donors (Lipinski definition) is 1. The number of carbonyl (C=O) groups excluding carboxylic acids is 2. The molecule has 17 heavy (non-hydrogen) atoms. The predicted molar refractivity (Wildman–Crippen MR) is 66.6 cm³/mol. The molecule has 98 valence electrons. The van der Waals surface area contributed by atoms with Gasteiger partial charge in [-0.15, -0.1) is 0 Å². The van der Waals surface area contributed by atoms with E-state index in [4.69, 9.17) is 0 Å². The Morgan fingerprint density at radius 2 is 1.76 bits per heavy atom. The first-order valence-electron chi connectivity index (χ1n) is 6.48. The van der Waals surface area contributed by atoms with E-state index in [2.05, 4.69) is 24.1 Å². The lowest BCUT2D eigenvalue weighted by Crippen LogP contribution is -2.44. The molecule has 1 aliphatic heterocycles. The quantitative estimate of drug-likeness (QED) is 0.693. The van der Waals surface area contributed by atoms with E-state index >= 15 is 0 Å². The Hall–Kier alpha value is -1.10. The van der Waals surface area contributed by atoms with Gasteiger partial charge in [-0.05, 0) is 25.9 Å². The highest BCUT2D eigenvalue weighted by molar-refractivity contribution is 6.35. The van der Waals surface area contributed by atoms with Crippen LogP contribution >= 0.6 is 0 Å². The number of hydrogen-bond acceptors (Lipinski definition) is 3. The van der Waals surface area contributed by atoms with E-state index in [1.165, 1.54) is 0 Å². The third-order valence-electron chi connectivity index (χ3n) is 3.20. The van der Waals surface area contributed by atoms with E-state index in [-0.39, 0.29) is 5.91 Å². The van der Waals surface area contributed by atoms with Crippen molar-refractivity contribution in [1.82, 2.24) is 15.1 Å². The molecule has 1 fully saturated rings. The van der Waals surface area contributed by atoms with Crippen LogP contribution in [0.15, 0.2) is 0 Å². The van der Waals surface area contributed by atoms with Gasteiger partial charge in [0.15, 0.2) is 0 Å². The Labute approximate surface area is 103 Å². The second kappa shape index (κ2) is 7.27. The van der Waals surface area contributed by atoms with Crippen LogP contribution in [0.3, 0.4) is 0 Å². The maximum atomic E-state index is 11.7. The summed E-state index contributed by atoms with van der Waals surface area (Å²) in [5.74, 6) is -0.832. The minimum absolute atomic E-state index is 0.373. The number of nitrogens with zero attached hydrogens (tertiary/aromatic N) is 2. The molecule has 0 saturated carbocycles. The first-order valence-corrected chi connectivity index (χ1v) is 6.48. The molecule has 1 rings (SSSR count). The number of likely N-dealkylation sites (tertiary alicyclic amines) is 1. The molecule has 0 bridgehead atoms. The van der Waals surface area contributed by atoms with Crippen molar-refractivity contribution in [2.24, 2.45) is 0 Å². The van der Waals surface area contributed by atoms with Gasteiger partial charge in [0.2, 0.25) is 0 Å². The number of carbonyl (C=O) groups is 2. The summed E-state index contributed by atoms with van der Waals surface area (Å²) in [5, 5.41) is 2.69. The summed E-state index contributed by atoms with van der Waals surface area (Å²) < 4.78 is 0. The van der Waals surface area contributed by atoms with Crippen molar-refractivity contribution in [2.45, 2.75) is 26.7 Å². The van der Waals surface area contributed by atoms with Crippen molar-refractivity contribution in [2.75, 3.05) is 39.3 Å². The van der Waals surface area contributed by atoms with Crippen LogP contribution in [0.4, 0.5) is 0 Å². The van der Waals surface area contributed by atoms with Crippen LogP contribution in [0.25, 0.3) is 0 Å². The van der Waals surface area contributed by atoms with Crippen molar-refractivity contribution in [3.63, 3.8) is 0 Å². The normalized spacial score (nSPS) is 15.4. The average molecular weight is 241 g/mol. The summed E-state index contributed by atoms with van der Waals surface area (Å²) in [4.78, 5) is 27.1. The van der Waals surface area contributed by atoms with Gasteiger partial charge in [-0.2, -0.15) is 0 Å². The van der Waals surface area contributed by atoms with E-state index in [9.17, 15) is 9.59 Å². The van der Waals surface area contributed by atoms with E-state index in [0.29, 0.717) is 6.54 Å². The highest BCUT2D eigenvalue weighted by Crippen LogP contribution is 2.06. The SMILES string of the molecule is CCN(CC)CCNC(=O)C(=O)N1CCCC1. The molecule has 1 saturated heterocycles. The summed E-state index contributed by atoms with van der Waals surface area (Å²) in [6.07, 6.45) is 2.02. The first kappa shape index (κ1) is 14.0. The molecule has 0 aliphatic carbocycles. The van der Waals surface area contributed by atoms with Crippen LogP contribution < -0.4 is 5.32 Å². The zero-order valence-electron chi connectivity index (χ0n) is 10.9. The molecule has 0 unspecified atom stereocenters. The van der Waals surface area contributed by atoms with Gasteiger partial charge in [0, 0.05) is 26.2 Å². The van der Waals surface area contributed by atoms with Gasteiger partial charge < -0.3 is 15.1 Å². The number of likely N-dealkylation sites (N-methyl/N-ethyl adjacent to an activating group) is 1. The third kappa shape index (κ3) is 4.34. The van der Waals surface area contributed by atoms with Crippen LogP contribution in [0.5, 0.6) is 0 Å². The summed E-state index contributed by atoms with van der Waals surface area (Å²) in [7, 11) is 0. The lowest BCUT2D eigenvalue weighted by molar-refractivity contribution is -0.145. The van der Waals surface area contributed by atoms with E-state index in [1.807, 2.05) is 0 Å². The summed E-state index contributed by atoms with van der Waals surface area (Å²) in [6, 6.07) is 0. The molecule has 0 aromatic heterocycles. The van der Waals surface area contributed by atoms with E-state index in [1.54, 1.807) is 4.90 Å². The highest BCUT2D eigenvalue weighted by Gasteiger charge is 2.23. The third-order valence-corrected chi connectivity index (χ3v) is 3.20. The molecular formula is C12H23N3O2. The molecule has 0 radical (unpaired) electrons. The Kier molecular flexibility index (Phi) is 5.97. The number of amides is 2. The Morgan fingerprint density at radius 3 is 2.29 bits per heavy atom. The molecule has 0 spiro atoms. The monoisotopic (exact) mass is 241 g/mol. The zero-order valence-corrected chi connectivity index (χ0v) is 10.9. The van der Waals surface area contributed by atoms with Crippen LogP contribution in [0, 0.1) is 0 Å². The van der Waals surface area contributed by atoms with Crippen LogP contribution in [0.1, 0.15) is 26.7 Å². The van der Waals surface area contributed by atoms with Gasteiger partial charge in [0.1, 0.15) is 0 Å². The van der Waals surface area contributed by atoms with Crippen molar-refractivity contribution in [1.29, 1.82) is 0 Å². The van der Waals surface area contributed by atoms with Gasteiger partial charge in [0.05, 0.1) is 0 Å². The molecule has 1 heterocycles. The fourth-order valence-electron chi connectivity index (χ4n) is 2.01. The van der Waals surface area contributed by atoms with Crippen molar-refractivity contribution in [3.8, 4) is 0 Å². The standard InChI is InChI=1S/C12H23N3O2/c1-3-14(4-2)10-7-13-11(16)12(17)15-8-5-6-9-15/h3-10H2,1-2H3,(H,13,16). The first-order chi connectivity index (χ1) is 8.19. The molecule has 0 aromatic rings. The molecule has 1 aliphatic rings. The van der Waals surface area contributed by atoms with Crippen molar-refractivity contribution >= 4 is 11.8 Å². The molecule has 5 heteroatoms. The molecule has 0 atom stereocenters. The summed E-state index contributed by atoms with van der Waals surface area (Å²) in [6.45, 7) is 8.89. The second-order valence-electron chi connectivity index (χ2n) is 4.28. The molecule has 5 nitrogen and oxygen atoms in total. The van der Waals surface area contributed by atoms with Gasteiger partial charge in [0.25, 0.3) is 0 Å². The smallest absolute Gasteiger partial charge is 0.311 e. The van der Waals surface area contributed by atoms with Crippen LogP contribution in [0.2, 0.25) is 0 Å². The maximum Gasteiger partial charge on any atom is 0.311 e. The largest absolute Gasteiger partial charge is 0.347 e. The number of rotatable bonds is 5. The zero-order chi connectivity index (χ0) is 12.7. The summed E-state index contributed by atoms with van der Waals surface area (Å²) >= 11 is 0. The van der Waals surface area contributed by atoms with E-state index in [0.717, 1.165) is 45.6 Å². The lowest BCUT2D eigenvalue weighted by atomic mass is 10.4. The van der Waals surface area contributed by atoms with E-state index < -0.39 is 5.91 Å². The van der Waals surface area contributed by atoms with Gasteiger partial charge in [-0.1, -0.05) is 13.8 Å². The summed E-state index contributed by atoms with van der Waals surface area (Å²) in [5.41, 5.74) is 0. The van der Waals surface area contributed by atoms with Crippen molar-refractivity contribution < 1.29 is 9.59 Å². The van der Waals surface area contributed by atoms with Gasteiger partial charge in [-0.25, -0.2) is 0 Å². The minimum atomic E-state index is -0.459. The fraction of sp³-hybridized carbons (Fsp3) is 0.833. The second-order valence-corrected chi connectivity index (χ2v) is 4.28. The Balaban J connectivity index is 2.22. The number of nitrogens with one attached hydrogen (secondary N) is 1. The topological polar surface area (TPSA) is 52.7 Å². The fourth-order valence-corrected chi connectivity index (χ4v) is 2.01. The van der Waals surface area contributed by atoms with Gasteiger partial charge >= 0.3 is 11.8 Å². The Bertz CT molecular complexity index is 258. The minimum Gasteiger partial charge on any atom is -0.347 e. The lowest BCUT2D eigenvalue weighted by Gasteiger charge is -2.19. The van der Waals surface area contributed by atoms with Crippen LogP contribution in [-0.4, -0.2) is 60.9 Å². The molecule has 1 N–H and O–H groups in total. The molecular weight excluding hydrogens is 218 g/mol. The van der Waals surface area contributed by atoms with Gasteiger partial charge in [-0.3, -0.25) is 9.59 Å².